The Morgan fingerprint density at radius 1 is 1.47 bits per heavy atom. The second kappa shape index (κ2) is 3.57. The van der Waals surface area contributed by atoms with Crippen LogP contribution in [-0.2, 0) is 6.42 Å². The largest absolute Gasteiger partial charge is 0.493 e. The van der Waals surface area contributed by atoms with Crippen molar-refractivity contribution in [2.75, 3.05) is 6.61 Å². The van der Waals surface area contributed by atoms with E-state index in [0.29, 0.717) is 24.5 Å². The van der Waals surface area contributed by atoms with E-state index in [2.05, 4.69) is 13.8 Å². The Labute approximate surface area is 88.7 Å². The highest BCUT2D eigenvalue weighted by atomic mass is 16.5. The second-order valence-corrected chi connectivity index (χ2v) is 4.07. The van der Waals surface area contributed by atoms with Crippen molar-refractivity contribution in [2.45, 2.75) is 26.2 Å². The molecule has 0 bridgehead atoms. The molecule has 0 saturated heterocycles. The minimum atomic E-state index is -0.868. The van der Waals surface area contributed by atoms with E-state index in [1.807, 2.05) is 6.07 Å². The average Bonchev–Trinajstić information content (AvgIpc) is 2.63. The first-order valence-electron chi connectivity index (χ1n) is 5.13. The molecule has 0 aliphatic carbocycles. The molecule has 0 amide bonds. The Balaban J connectivity index is 2.58. The van der Waals surface area contributed by atoms with E-state index < -0.39 is 5.97 Å². The molecular formula is C12H14O3. The molecule has 2 rings (SSSR count). The van der Waals surface area contributed by atoms with Gasteiger partial charge in [-0.25, -0.2) is 4.79 Å². The summed E-state index contributed by atoms with van der Waals surface area (Å²) in [7, 11) is 0. The molecule has 0 unspecified atom stereocenters. The summed E-state index contributed by atoms with van der Waals surface area (Å²) in [4.78, 5) is 11.0. The van der Waals surface area contributed by atoms with Gasteiger partial charge in [0.15, 0.2) is 0 Å². The molecule has 1 aromatic rings. The third kappa shape index (κ3) is 1.58. The fraction of sp³-hybridized carbons (Fsp3) is 0.417. The third-order valence-electron chi connectivity index (χ3n) is 2.74. The molecule has 0 spiro atoms. The number of fused-ring (bicyclic) bond motifs is 1. The van der Waals surface area contributed by atoms with Gasteiger partial charge >= 0.3 is 5.97 Å². The van der Waals surface area contributed by atoms with Gasteiger partial charge in [0, 0.05) is 12.0 Å². The monoisotopic (exact) mass is 206 g/mol. The highest BCUT2D eigenvalue weighted by Crippen LogP contribution is 2.36. The van der Waals surface area contributed by atoms with Crippen LogP contribution in [-0.4, -0.2) is 17.7 Å². The van der Waals surface area contributed by atoms with Crippen LogP contribution in [0.15, 0.2) is 12.1 Å². The first-order valence-corrected chi connectivity index (χ1v) is 5.13. The Morgan fingerprint density at radius 3 is 2.80 bits per heavy atom. The van der Waals surface area contributed by atoms with Crippen LogP contribution in [0, 0.1) is 0 Å². The molecule has 3 nitrogen and oxygen atoms in total. The maximum atomic E-state index is 11.0. The van der Waals surface area contributed by atoms with Crippen LogP contribution < -0.4 is 4.74 Å². The zero-order valence-corrected chi connectivity index (χ0v) is 8.91. The molecule has 1 aromatic carbocycles. The first-order chi connectivity index (χ1) is 7.11. The zero-order chi connectivity index (χ0) is 11.0. The fourth-order valence-corrected chi connectivity index (χ4v) is 1.97. The fourth-order valence-electron chi connectivity index (χ4n) is 1.97. The van der Waals surface area contributed by atoms with Crippen LogP contribution in [0.25, 0.3) is 0 Å². The standard InChI is InChI=1S/C12H14O3/c1-7(2)8-3-4-10(12(13)14)9-5-6-15-11(8)9/h3-4,7H,5-6H2,1-2H3,(H,13,14). The Hall–Kier alpha value is -1.51. The number of hydrogen-bond acceptors (Lipinski definition) is 2. The van der Waals surface area contributed by atoms with Crippen LogP contribution in [0.1, 0.15) is 41.3 Å². The molecule has 15 heavy (non-hydrogen) atoms. The van der Waals surface area contributed by atoms with Crippen molar-refractivity contribution in [3.63, 3.8) is 0 Å². The molecule has 0 radical (unpaired) electrons. The number of carboxylic acid groups (broad SMARTS) is 1. The lowest BCUT2D eigenvalue weighted by Gasteiger charge is -2.12. The quantitative estimate of drug-likeness (QED) is 0.808. The molecule has 1 aliphatic rings. The van der Waals surface area contributed by atoms with Gasteiger partial charge in [-0.3, -0.25) is 0 Å². The van der Waals surface area contributed by atoms with Gasteiger partial charge < -0.3 is 9.84 Å². The topological polar surface area (TPSA) is 46.5 Å². The molecule has 1 aliphatic heterocycles. The van der Waals surface area contributed by atoms with Crippen molar-refractivity contribution >= 4 is 5.97 Å². The van der Waals surface area contributed by atoms with E-state index in [0.717, 1.165) is 16.9 Å². The number of ether oxygens (including phenoxy) is 1. The lowest BCUT2D eigenvalue weighted by Crippen LogP contribution is -2.02. The molecule has 0 atom stereocenters. The normalized spacial score (nSPS) is 13.8. The van der Waals surface area contributed by atoms with E-state index in [9.17, 15) is 4.79 Å². The summed E-state index contributed by atoms with van der Waals surface area (Å²) in [5.41, 5.74) is 2.34. The Kier molecular flexibility index (Phi) is 2.39. The van der Waals surface area contributed by atoms with E-state index in [-0.39, 0.29) is 0 Å². The van der Waals surface area contributed by atoms with Gasteiger partial charge in [-0.05, 0) is 17.5 Å². The Morgan fingerprint density at radius 2 is 2.20 bits per heavy atom. The van der Waals surface area contributed by atoms with E-state index >= 15 is 0 Å². The van der Waals surface area contributed by atoms with Crippen LogP contribution in [0.4, 0.5) is 0 Å². The molecule has 1 heterocycles. The van der Waals surface area contributed by atoms with Gasteiger partial charge in [-0.15, -0.1) is 0 Å². The number of aromatic carboxylic acids is 1. The van der Waals surface area contributed by atoms with Crippen molar-refractivity contribution in [1.82, 2.24) is 0 Å². The zero-order valence-electron chi connectivity index (χ0n) is 8.91. The number of benzene rings is 1. The first kappa shape index (κ1) is 10.0. The maximum Gasteiger partial charge on any atom is 0.336 e. The predicted octanol–water partition coefficient (Wildman–Crippen LogP) is 2.44. The van der Waals surface area contributed by atoms with Crippen molar-refractivity contribution in [1.29, 1.82) is 0 Å². The predicted molar refractivity (Wildman–Crippen MR) is 56.7 cm³/mol. The highest BCUT2D eigenvalue weighted by molar-refractivity contribution is 5.90. The smallest absolute Gasteiger partial charge is 0.336 e. The number of rotatable bonds is 2. The molecular weight excluding hydrogens is 192 g/mol. The summed E-state index contributed by atoms with van der Waals surface area (Å²) >= 11 is 0. The van der Waals surface area contributed by atoms with Crippen LogP contribution >= 0.6 is 0 Å². The molecule has 3 heteroatoms. The second-order valence-electron chi connectivity index (χ2n) is 4.07. The number of hydrogen-bond donors (Lipinski definition) is 1. The van der Waals surface area contributed by atoms with Gasteiger partial charge in [-0.2, -0.15) is 0 Å². The summed E-state index contributed by atoms with van der Waals surface area (Å²) in [6.07, 6.45) is 0.706. The van der Waals surface area contributed by atoms with Crippen LogP contribution in [0.5, 0.6) is 5.75 Å². The molecule has 0 aromatic heterocycles. The lowest BCUT2D eigenvalue weighted by molar-refractivity contribution is 0.0696. The number of carbonyl (C=O) groups is 1. The van der Waals surface area contributed by atoms with E-state index in [4.69, 9.17) is 9.84 Å². The van der Waals surface area contributed by atoms with Gasteiger partial charge in [0.05, 0.1) is 12.2 Å². The number of carboxylic acids is 1. The summed E-state index contributed by atoms with van der Waals surface area (Å²) in [5, 5.41) is 9.02. The average molecular weight is 206 g/mol. The van der Waals surface area contributed by atoms with E-state index in [1.165, 1.54) is 0 Å². The van der Waals surface area contributed by atoms with Gasteiger partial charge in [-0.1, -0.05) is 19.9 Å². The van der Waals surface area contributed by atoms with Crippen molar-refractivity contribution in [3.8, 4) is 5.75 Å². The molecule has 0 saturated carbocycles. The van der Waals surface area contributed by atoms with Gasteiger partial charge in [0.25, 0.3) is 0 Å². The summed E-state index contributed by atoms with van der Waals surface area (Å²) in [6.45, 7) is 4.76. The summed E-state index contributed by atoms with van der Waals surface area (Å²) < 4.78 is 5.52. The maximum absolute atomic E-state index is 11.0. The summed E-state index contributed by atoms with van der Waals surface area (Å²) in [5.74, 6) is 0.289. The van der Waals surface area contributed by atoms with Crippen molar-refractivity contribution in [3.05, 3.63) is 28.8 Å². The molecule has 1 N–H and O–H groups in total. The van der Waals surface area contributed by atoms with Crippen LogP contribution in [0.3, 0.4) is 0 Å². The van der Waals surface area contributed by atoms with E-state index in [1.54, 1.807) is 6.07 Å². The van der Waals surface area contributed by atoms with Crippen LogP contribution in [0.2, 0.25) is 0 Å². The molecule has 80 valence electrons. The lowest BCUT2D eigenvalue weighted by atomic mass is 9.95. The Bertz CT molecular complexity index is 408. The highest BCUT2D eigenvalue weighted by Gasteiger charge is 2.23. The minimum absolute atomic E-state index is 0.361. The SMILES string of the molecule is CC(C)c1ccc(C(=O)O)c2c1OCC2. The van der Waals surface area contributed by atoms with Gasteiger partial charge in [0.2, 0.25) is 0 Å². The van der Waals surface area contributed by atoms with Crippen molar-refractivity contribution < 1.29 is 14.6 Å². The molecule has 0 fully saturated rings. The summed E-state index contributed by atoms with van der Waals surface area (Å²) in [6, 6.07) is 3.55. The third-order valence-corrected chi connectivity index (χ3v) is 2.74. The van der Waals surface area contributed by atoms with Gasteiger partial charge in [0.1, 0.15) is 5.75 Å². The minimum Gasteiger partial charge on any atom is -0.493 e. The van der Waals surface area contributed by atoms with Crippen molar-refractivity contribution in [2.24, 2.45) is 0 Å².